The first-order valence-corrected chi connectivity index (χ1v) is 9.94. The quantitative estimate of drug-likeness (QED) is 0.689. The molecule has 2 aliphatic heterocycles. The van der Waals surface area contributed by atoms with Gasteiger partial charge >= 0.3 is 0 Å². The number of piperidine rings is 1. The van der Waals surface area contributed by atoms with Crippen LogP contribution in [0.2, 0.25) is 0 Å². The zero-order valence-corrected chi connectivity index (χ0v) is 15.5. The van der Waals surface area contributed by atoms with Gasteiger partial charge in [0.1, 0.15) is 5.75 Å². The summed E-state index contributed by atoms with van der Waals surface area (Å²) in [6.07, 6.45) is 7.79. The lowest BCUT2D eigenvalue weighted by atomic mass is 9.96. The summed E-state index contributed by atoms with van der Waals surface area (Å²) < 4.78 is 6.12. The third-order valence-corrected chi connectivity index (χ3v) is 5.60. The highest BCUT2D eigenvalue weighted by Crippen LogP contribution is 2.28. The first kappa shape index (κ1) is 17.8. The van der Waals surface area contributed by atoms with Crippen LogP contribution in [0.25, 0.3) is 0 Å². The van der Waals surface area contributed by atoms with Gasteiger partial charge < -0.3 is 15.0 Å². The molecule has 0 aliphatic carbocycles. The Labute approximate surface area is 147 Å². The van der Waals surface area contributed by atoms with E-state index in [9.17, 15) is 0 Å². The number of nitrogens with zero attached hydrogens (tertiary/aromatic N) is 1. The van der Waals surface area contributed by atoms with Gasteiger partial charge in [0.05, 0.1) is 6.61 Å². The van der Waals surface area contributed by atoms with Crippen LogP contribution in [0.3, 0.4) is 0 Å². The molecule has 3 atom stereocenters. The van der Waals surface area contributed by atoms with E-state index in [1.54, 1.807) is 0 Å². The minimum Gasteiger partial charge on any atom is -0.493 e. The van der Waals surface area contributed by atoms with Crippen LogP contribution in [0, 0.1) is 12.8 Å². The summed E-state index contributed by atoms with van der Waals surface area (Å²) in [5, 5.41) is 3.82. The highest BCUT2D eigenvalue weighted by Gasteiger charge is 2.34. The Kier molecular flexibility index (Phi) is 6.56. The van der Waals surface area contributed by atoms with Crippen LogP contribution in [-0.2, 0) is 6.54 Å². The minimum atomic E-state index is 0.659. The van der Waals surface area contributed by atoms with Crippen LogP contribution < -0.4 is 10.1 Å². The van der Waals surface area contributed by atoms with Crippen molar-refractivity contribution in [3.63, 3.8) is 0 Å². The van der Waals surface area contributed by atoms with Crippen LogP contribution in [0.15, 0.2) is 18.2 Å². The smallest absolute Gasteiger partial charge is 0.124 e. The Morgan fingerprint density at radius 1 is 1.21 bits per heavy atom. The highest BCUT2D eigenvalue weighted by atomic mass is 16.5. The molecule has 2 aliphatic rings. The third kappa shape index (κ3) is 4.73. The second-order valence-electron chi connectivity index (χ2n) is 7.67. The van der Waals surface area contributed by atoms with E-state index < -0.39 is 0 Å². The molecule has 3 heteroatoms. The van der Waals surface area contributed by atoms with Crippen LogP contribution in [-0.4, -0.2) is 37.2 Å². The maximum atomic E-state index is 6.12. The first-order chi connectivity index (χ1) is 11.8. The third-order valence-electron chi connectivity index (χ3n) is 5.60. The Bertz CT molecular complexity index is 517. The van der Waals surface area contributed by atoms with Gasteiger partial charge in [-0.25, -0.2) is 0 Å². The van der Waals surface area contributed by atoms with Crippen LogP contribution in [0.4, 0.5) is 0 Å². The largest absolute Gasteiger partial charge is 0.493 e. The summed E-state index contributed by atoms with van der Waals surface area (Å²) in [5.74, 6) is 1.93. The van der Waals surface area contributed by atoms with E-state index in [0.717, 1.165) is 31.2 Å². The number of rotatable bonds is 9. The number of unbranched alkanes of at least 4 members (excludes halogenated alkanes) is 3. The molecule has 3 rings (SSSR count). The van der Waals surface area contributed by atoms with Gasteiger partial charge in [-0.05, 0) is 50.3 Å². The van der Waals surface area contributed by atoms with Gasteiger partial charge in [-0.2, -0.15) is 0 Å². The lowest BCUT2D eigenvalue weighted by Crippen LogP contribution is -2.35. The summed E-state index contributed by atoms with van der Waals surface area (Å²) in [6, 6.07) is 7.31. The van der Waals surface area contributed by atoms with Gasteiger partial charge in [0, 0.05) is 31.2 Å². The monoisotopic (exact) mass is 330 g/mol. The fourth-order valence-corrected chi connectivity index (χ4v) is 4.14. The van der Waals surface area contributed by atoms with Crippen LogP contribution >= 0.6 is 0 Å². The summed E-state index contributed by atoms with van der Waals surface area (Å²) in [7, 11) is 0. The van der Waals surface area contributed by atoms with Crippen molar-refractivity contribution in [1.82, 2.24) is 10.2 Å². The van der Waals surface area contributed by atoms with Crippen LogP contribution in [0.1, 0.15) is 56.6 Å². The number of ether oxygens (including phenoxy) is 1. The fraction of sp³-hybridized carbons (Fsp3) is 0.714. The van der Waals surface area contributed by atoms with Gasteiger partial charge in [-0.1, -0.05) is 38.3 Å². The van der Waals surface area contributed by atoms with Crippen molar-refractivity contribution in [1.29, 1.82) is 0 Å². The lowest BCUT2D eigenvalue weighted by molar-refractivity contribution is 0.269. The number of hydrogen-bond acceptors (Lipinski definition) is 3. The van der Waals surface area contributed by atoms with E-state index >= 15 is 0 Å². The van der Waals surface area contributed by atoms with Crippen molar-refractivity contribution in [3.05, 3.63) is 29.3 Å². The molecule has 0 spiro atoms. The molecule has 3 nitrogen and oxygen atoms in total. The molecule has 0 amide bonds. The van der Waals surface area contributed by atoms with Crippen molar-refractivity contribution in [2.24, 2.45) is 5.92 Å². The van der Waals surface area contributed by atoms with Gasteiger partial charge in [0.2, 0.25) is 0 Å². The molecule has 2 fully saturated rings. The van der Waals surface area contributed by atoms with E-state index in [4.69, 9.17) is 4.74 Å². The average molecular weight is 331 g/mol. The first-order valence-electron chi connectivity index (χ1n) is 9.94. The lowest BCUT2D eigenvalue weighted by Gasteiger charge is -2.22. The van der Waals surface area contributed by atoms with E-state index in [0.29, 0.717) is 6.04 Å². The Hall–Kier alpha value is -1.06. The maximum Gasteiger partial charge on any atom is 0.124 e. The molecule has 1 aromatic carbocycles. The standard InChI is InChI=1S/C21H34N2O/c1-3-4-5-6-12-24-21-13-17(2)9-10-18(21)14-22-20-16-23-11-7-8-19(20)15-23/h9-10,13,19-20,22H,3-8,11-12,14-16H2,1-2H3. The van der Waals surface area contributed by atoms with Gasteiger partial charge in [0.25, 0.3) is 0 Å². The molecule has 2 saturated heterocycles. The predicted octanol–water partition coefficient (Wildman–Crippen LogP) is 4.14. The average Bonchev–Trinajstić information content (AvgIpc) is 2.87. The second-order valence-corrected chi connectivity index (χ2v) is 7.67. The summed E-state index contributed by atoms with van der Waals surface area (Å²) >= 11 is 0. The summed E-state index contributed by atoms with van der Waals surface area (Å²) in [5.41, 5.74) is 2.60. The predicted molar refractivity (Wildman–Crippen MR) is 101 cm³/mol. The molecule has 0 saturated carbocycles. The molecular formula is C21H34N2O. The topological polar surface area (TPSA) is 24.5 Å². The maximum absolute atomic E-state index is 6.12. The van der Waals surface area contributed by atoms with E-state index in [2.05, 4.69) is 42.3 Å². The molecule has 134 valence electrons. The zero-order valence-electron chi connectivity index (χ0n) is 15.5. The number of aryl methyl sites for hydroxylation is 1. The molecule has 1 aromatic rings. The second kappa shape index (κ2) is 8.87. The highest BCUT2D eigenvalue weighted by molar-refractivity contribution is 5.37. The van der Waals surface area contributed by atoms with Gasteiger partial charge in [-0.15, -0.1) is 0 Å². The van der Waals surface area contributed by atoms with Gasteiger partial charge in [-0.3, -0.25) is 0 Å². The van der Waals surface area contributed by atoms with Crippen molar-refractivity contribution in [3.8, 4) is 5.75 Å². The normalized spacial score (nSPS) is 25.8. The van der Waals surface area contributed by atoms with Crippen molar-refractivity contribution < 1.29 is 4.74 Å². The zero-order chi connectivity index (χ0) is 16.8. The molecule has 2 bridgehead atoms. The molecular weight excluding hydrogens is 296 g/mol. The van der Waals surface area contributed by atoms with Crippen molar-refractivity contribution >= 4 is 0 Å². The number of fused-ring (bicyclic) bond motifs is 2. The molecule has 1 N–H and O–H groups in total. The van der Waals surface area contributed by atoms with Crippen LogP contribution in [0.5, 0.6) is 5.75 Å². The van der Waals surface area contributed by atoms with E-state index in [-0.39, 0.29) is 0 Å². The van der Waals surface area contributed by atoms with E-state index in [1.807, 2.05) is 0 Å². The number of hydrogen-bond donors (Lipinski definition) is 1. The Morgan fingerprint density at radius 2 is 2.12 bits per heavy atom. The van der Waals surface area contributed by atoms with Gasteiger partial charge in [0.15, 0.2) is 0 Å². The molecule has 0 aromatic heterocycles. The minimum absolute atomic E-state index is 0.659. The number of nitrogens with one attached hydrogen (secondary N) is 1. The van der Waals surface area contributed by atoms with Crippen molar-refractivity contribution in [2.45, 2.75) is 65.0 Å². The Morgan fingerprint density at radius 3 is 2.96 bits per heavy atom. The summed E-state index contributed by atoms with van der Waals surface area (Å²) in [6.45, 7) is 9.99. The van der Waals surface area contributed by atoms with Crippen molar-refractivity contribution in [2.75, 3.05) is 26.2 Å². The SMILES string of the molecule is CCCCCCOc1cc(C)ccc1CNC1CN2CCCC1C2. The summed E-state index contributed by atoms with van der Waals surface area (Å²) in [4.78, 5) is 2.62. The molecule has 2 heterocycles. The Balaban J connectivity index is 1.52. The molecule has 0 radical (unpaired) electrons. The number of benzene rings is 1. The molecule has 3 unspecified atom stereocenters. The van der Waals surface area contributed by atoms with E-state index in [1.165, 1.54) is 62.9 Å². The fourth-order valence-electron chi connectivity index (χ4n) is 4.14. The molecule has 24 heavy (non-hydrogen) atoms.